The average Bonchev–Trinajstić information content (AvgIpc) is 2.60. The lowest BCUT2D eigenvalue weighted by Crippen LogP contribution is -2.09. The van der Waals surface area contributed by atoms with Crippen LogP contribution in [-0.2, 0) is 4.79 Å². The molecular formula is C23H25NO3. The van der Waals surface area contributed by atoms with Gasteiger partial charge in [-0.05, 0) is 66.3 Å². The summed E-state index contributed by atoms with van der Waals surface area (Å²) in [5, 5.41) is 8.72. The first-order valence-electron chi connectivity index (χ1n) is 8.57. The third-order valence-corrected chi connectivity index (χ3v) is 4.43. The highest BCUT2D eigenvalue weighted by Gasteiger charge is 2.08. The lowest BCUT2D eigenvalue weighted by molar-refractivity contribution is -0.139. The SMILES string of the molecule is Cc1cccc(-c2ccc(-c3ccc(OCC(=O)O)cc3C)cc2C)c1.N. The molecule has 4 N–H and O–H groups in total. The lowest BCUT2D eigenvalue weighted by atomic mass is 9.93. The van der Waals surface area contributed by atoms with Gasteiger partial charge in [0.15, 0.2) is 6.61 Å². The summed E-state index contributed by atoms with van der Waals surface area (Å²) in [6.07, 6.45) is 0. The molecule has 0 atom stereocenters. The Hall–Kier alpha value is -3.11. The van der Waals surface area contributed by atoms with E-state index in [1.54, 1.807) is 0 Å². The summed E-state index contributed by atoms with van der Waals surface area (Å²) in [5.41, 5.74) is 8.24. The molecule has 0 heterocycles. The standard InChI is InChI=1S/C23H22O3.H3N/c1-15-5-4-6-18(11-15)21-9-7-19(12-16(21)2)22-10-8-20(13-17(22)3)26-14-23(24)25;/h4-13H,14H2,1-3H3,(H,24,25);1H3. The van der Waals surface area contributed by atoms with Gasteiger partial charge in [0.05, 0.1) is 0 Å². The van der Waals surface area contributed by atoms with Gasteiger partial charge in [-0.25, -0.2) is 4.79 Å². The van der Waals surface area contributed by atoms with Crippen LogP contribution in [0.3, 0.4) is 0 Å². The maximum atomic E-state index is 10.6. The lowest BCUT2D eigenvalue weighted by Gasteiger charge is -2.13. The molecule has 3 aromatic carbocycles. The van der Waals surface area contributed by atoms with Crippen molar-refractivity contribution in [3.63, 3.8) is 0 Å². The van der Waals surface area contributed by atoms with Crippen molar-refractivity contribution in [1.82, 2.24) is 6.15 Å². The number of carboxylic acid groups (broad SMARTS) is 1. The fourth-order valence-corrected chi connectivity index (χ4v) is 3.16. The van der Waals surface area contributed by atoms with Gasteiger partial charge >= 0.3 is 5.97 Å². The molecule has 140 valence electrons. The van der Waals surface area contributed by atoms with Crippen molar-refractivity contribution < 1.29 is 14.6 Å². The maximum Gasteiger partial charge on any atom is 0.341 e. The minimum atomic E-state index is -0.978. The Morgan fingerprint density at radius 1 is 0.852 bits per heavy atom. The molecule has 4 heteroatoms. The molecule has 0 radical (unpaired) electrons. The van der Waals surface area contributed by atoms with Gasteiger partial charge in [-0.2, -0.15) is 0 Å². The van der Waals surface area contributed by atoms with Crippen LogP contribution in [0, 0.1) is 20.8 Å². The zero-order valence-corrected chi connectivity index (χ0v) is 16.0. The van der Waals surface area contributed by atoms with E-state index < -0.39 is 5.97 Å². The normalized spacial score (nSPS) is 10.2. The summed E-state index contributed by atoms with van der Waals surface area (Å²) in [5.74, 6) is -0.407. The zero-order chi connectivity index (χ0) is 18.7. The van der Waals surface area contributed by atoms with Gasteiger partial charge in [-0.15, -0.1) is 0 Å². The highest BCUT2D eigenvalue weighted by molar-refractivity contribution is 5.75. The minimum Gasteiger partial charge on any atom is -0.482 e. The molecule has 0 fully saturated rings. The van der Waals surface area contributed by atoms with E-state index in [1.165, 1.54) is 22.3 Å². The Morgan fingerprint density at radius 3 is 2.07 bits per heavy atom. The molecule has 3 aromatic rings. The fraction of sp³-hybridized carbons (Fsp3) is 0.174. The van der Waals surface area contributed by atoms with Gasteiger partial charge in [0.25, 0.3) is 0 Å². The Balaban J connectivity index is 0.00000261. The third-order valence-electron chi connectivity index (χ3n) is 4.43. The summed E-state index contributed by atoms with van der Waals surface area (Å²) in [6.45, 7) is 5.90. The first-order chi connectivity index (χ1) is 12.4. The summed E-state index contributed by atoms with van der Waals surface area (Å²) in [7, 11) is 0. The van der Waals surface area contributed by atoms with Crippen LogP contribution in [0.5, 0.6) is 5.75 Å². The number of aliphatic carboxylic acids is 1. The van der Waals surface area contributed by atoms with E-state index in [9.17, 15) is 4.79 Å². The number of ether oxygens (including phenoxy) is 1. The van der Waals surface area contributed by atoms with Crippen LogP contribution in [0.2, 0.25) is 0 Å². The number of hydrogen-bond acceptors (Lipinski definition) is 3. The topological polar surface area (TPSA) is 81.5 Å². The second-order valence-electron chi connectivity index (χ2n) is 6.56. The van der Waals surface area contributed by atoms with E-state index in [4.69, 9.17) is 9.84 Å². The molecule has 0 aliphatic carbocycles. The minimum absolute atomic E-state index is 0. The van der Waals surface area contributed by atoms with Crippen LogP contribution in [-0.4, -0.2) is 17.7 Å². The smallest absolute Gasteiger partial charge is 0.341 e. The first-order valence-corrected chi connectivity index (χ1v) is 8.57. The highest BCUT2D eigenvalue weighted by Crippen LogP contribution is 2.31. The molecule has 0 aromatic heterocycles. The van der Waals surface area contributed by atoms with E-state index in [-0.39, 0.29) is 12.8 Å². The van der Waals surface area contributed by atoms with Gasteiger partial charge < -0.3 is 16.0 Å². The summed E-state index contributed by atoms with van der Waals surface area (Å²) >= 11 is 0. The van der Waals surface area contributed by atoms with E-state index in [0.717, 1.165) is 16.7 Å². The number of aryl methyl sites for hydroxylation is 3. The van der Waals surface area contributed by atoms with Crippen molar-refractivity contribution in [2.75, 3.05) is 6.61 Å². The molecule has 0 amide bonds. The molecule has 0 bridgehead atoms. The van der Waals surface area contributed by atoms with E-state index in [1.807, 2.05) is 25.1 Å². The predicted octanol–water partition coefficient (Wildman–Crippen LogP) is 5.57. The number of carbonyl (C=O) groups is 1. The maximum absolute atomic E-state index is 10.6. The highest BCUT2D eigenvalue weighted by atomic mass is 16.5. The first kappa shape index (κ1) is 20.2. The van der Waals surface area contributed by atoms with Gasteiger partial charge in [0.2, 0.25) is 0 Å². The summed E-state index contributed by atoms with van der Waals surface area (Å²) < 4.78 is 5.25. The zero-order valence-electron chi connectivity index (χ0n) is 16.0. The predicted molar refractivity (Wildman–Crippen MR) is 110 cm³/mol. The molecule has 0 aliphatic heterocycles. The summed E-state index contributed by atoms with van der Waals surface area (Å²) in [6, 6.07) is 20.7. The van der Waals surface area contributed by atoms with Crippen molar-refractivity contribution in [2.24, 2.45) is 0 Å². The van der Waals surface area contributed by atoms with Crippen LogP contribution in [0.1, 0.15) is 16.7 Å². The number of carboxylic acids is 1. The van der Waals surface area contributed by atoms with E-state index >= 15 is 0 Å². The van der Waals surface area contributed by atoms with Crippen LogP contribution in [0.25, 0.3) is 22.3 Å². The quantitative estimate of drug-likeness (QED) is 0.621. The second-order valence-corrected chi connectivity index (χ2v) is 6.56. The fourth-order valence-electron chi connectivity index (χ4n) is 3.16. The van der Waals surface area contributed by atoms with Crippen LogP contribution >= 0.6 is 0 Å². The van der Waals surface area contributed by atoms with E-state index in [0.29, 0.717) is 5.75 Å². The van der Waals surface area contributed by atoms with Gasteiger partial charge in [-0.3, -0.25) is 0 Å². The van der Waals surface area contributed by atoms with Crippen molar-refractivity contribution in [1.29, 1.82) is 0 Å². The Labute approximate surface area is 160 Å². The van der Waals surface area contributed by atoms with Crippen molar-refractivity contribution >= 4 is 5.97 Å². The Kier molecular flexibility index (Phi) is 6.37. The molecule has 4 nitrogen and oxygen atoms in total. The molecule has 0 spiro atoms. The van der Waals surface area contributed by atoms with Crippen LogP contribution in [0.4, 0.5) is 0 Å². The second kappa shape index (κ2) is 8.52. The molecule has 27 heavy (non-hydrogen) atoms. The molecule has 0 unspecified atom stereocenters. The molecule has 0 aliphatic rings. The Bertz CT molecular complexity index is 964. The molecule has 0 saturated carbocycles. The Morgan fingerprint density at radius 2 is 1.48 bits per heavy atom. The van der Waals surface area contributed by atoms with Crippen LogP contribution in [0.15, 0.2) is 60.7 Å². The summed E-state index contributed by atoms with van der Waals surface area (Å²) in [4.78, 5) is 10.6. The monoisotopic (exact) mass is 363 g/mol. The largest absolute Gasteiger partial charge is 0.482 e. The van der Waals surface area contributed by atoms with Gasteiger partial charge in [0, 0.05) is 0 Å². The molecule has 3 rings (SSSR count). The third kappa shape index (κ3) is 4.74. The van der Waals surface area contributed by atoms with Crippen molar-refractivity contribution in [2.45, 2.75) is 20.8 Å². The average molecular weight is 363 g/mol. The number of hydrogen-bond donors (Lipinski definition) is 2. The molecular weight excluding hydrogens is 338 g/mol. The van der Waals surface area contributed by atoms with Gasteiger partial charge in [0.1, 0.15) is 5.75 Å². The van der Waals surface area contributed by atoms with Crippen LogP contribution < -0.4 is 10.9 Å². The van der Waals surface area contributed by atoms with Crippen molar-refractivity contribution in [3.8, 4) is 28.0 Å². The van der Waals surface area contributed by atoms with Gasteiger partial charge in [-0.1, -0.05) is 54.1 Å². The molecule has 0 saturated heterocycles. The number of rotatable bonds is 5. The van der Waals surface area contributed by atoms with E-state index in [2.05, 4.69) is 56.3 Å². The van der Waals surface area contributed by atoms with Crippen molar-refractivity contribution in [3.05, 3.63) is 77.4 Å². The number of benzene rings is 3.